The number of carboxylic acid groups (broad SMARTS) is 1. The largest absolute Gasteiger partial charge is 0.481 e. The van der Waals surface area contributed by atoms with Gasteiger partial charge in [-0.2, -0.15) is 0 Å². The Labute approximate surface area is 106 Å². The Morgan fingerprint density at radius 1 is 1.11 bits per heavy atom. The van der Waals surface area contributed by atoms with Crippen LogP contribution in [-0.2, 0) is 9.53 Å². The molecule has 1 saturated heterocycles. The van der Waals surface area contributed by atoms with Crippen LogP contribution in [0, 0.1) is 5.92 Å². The second-order valence-corrected chi connectivity index (χ2v) is 5.08. The van der Waals surface area contributed by atoms with E-state index in [9.17, 15) is 9.59 Å². The lowest BCUT2D eigenvalue weighted by atomic mass is 9.86. The van der Waals surface area contributed by atoms with Gasteiger partial charge in [-0.15, -0.1) is 0 Å². The van der Waals surface area contributed by atoms with Crippen molar-refractivity contribution in [3.63, 3.8) is 0 Å². The average molecular weight is 256 g/mol. The minimum absolute atomic E-state index is 0.0258. The van der Waals surface area contributed by atoms with Crippen molar-refractivity contribution in [1.82, 2.24) is 10.6 Å². The summed E-state index contributed by atoms with van der Waals surface area (Å²) in [5.74, 6) is -1.08. The Morgan fingerprint density at radius 2 is 1.89 bits per heavy atom. The van der Waals surface area contributed by atoms with E-state index in [2.05, 4.69) is 10.6 Å². The van der Waals surface area contributed by atoms with E-state index in [0.29, 0.717) is 26.1 Å². The van der Waals surface area contributed by atoms with Crippen molar-refractivity contribution < 1.29 is 19.4 Å². The topological polar surface area (TPSA) is 87.7 Å². The highest BCUT2D eigenvalue weighted by Gasteiger charge is 2.28. The molecule has 6 heteroatoms. The summed E-state index contributed by atoms with van der Waals surface area (Å²) in [6.07, 6.45) is 3.80. The Balaban J connectivity index is 1.74. The van der Waals surface area contributed by atoms with Gasteiger partial charge >= 0.3 is 12.0 Å². The molecule has 2 rings (SSSR count). The Bertz CT molecular complexity index is 315. The first-order valence-electron chi connectivity index (χ1n) is 6.52. The second-order valence-electron chi connectivity index (χ2n) is 5.08. The molecule has 0 spiro atoms. The van der Waals surface area contributed by atoms with Gasteiger partial charge in [0.05, 0.1) is 18.6 Å². The summed E-state index contributed by atoms with van der Waals surface area (Å²) < 4.78 is 5.18. The van der Waals surface area contributed by atoms with Crippen LogP contribution in [0.3, 0.4) is 0 Å². The molecule has 2 fully saturated rings. The molecule has 1 saturated carbocycles. The van der Waals surface area contributed by atoms with E-state index in [4.69, 9.17) is 9.84 Å². The zero-order valence-electron chi connectivity index (χ0n) is 10.4. The Morgan fingerprint density at radius 3 is 2.56 bits per heavy atom. The van der Waals surface area contributed by atoms with Gasteiger partial charge in [0, 0.05) is 12.6 Å². The summed E-state index contributed by atoms with van der Waals surface area (Å²) in [7, 11) is 0. The second kappa shape index (κ2) is 6.04. The SMILES string of the molecule is O=C(NC1CCOC1)NC1CCCC(C(=O)O)C1. The number of rotatable bonds is 3. The number of carboxylic acids is 1. The van der Waals surface area contributed by atoms with Crippen LogP contribution in [0.2, 0.25) is 0 Å². The van der Waals surface area contributed by atoms with Gasteiger partial charge in [0.2, 0.25) is 0 Å². The quantitative estimate of drug-likeness (QED) is 0.694. The maximum Gasteiger partial charge on any atom is 0.315 e. The van der Waals surface area contributed by atoms with E-state index >= 15 is 0 Å². The first-order valence-corrected chi connectivity index (χ1v) is 6.52. The van der Waals surface area contributed by atoms with Gasteiger partial charge in [-0.3, -0.25) is 4.79 Å². The standard InChI is InChI=1S/C12H20N2O4/c15-11(16)8-2-1-3-9(6-8)13-12(17)14-10-4-5-18-7-10/h8-10H,1-7H2,(H,15,16)(H2,13,14,17). The lowest BCUT2D eigenvalue weighted by Crippen LogP contribution is -2.48. The molecule has 0 aromatic rings. The number of urea groups is 1. The van der Waals surface area contributed by atoms with Crippen LogP contribution < -0.4 is 10.6 Å². The van der Waals surface area contributed by atoms with Gasteiger partial charge in [-0.1, -0.05) is 6.42 Å². The van der Waals surface area contributed by atoms with Crippen LogP contribution in [0.4, 0.5) is 4.79 Å². The van der Waals surface area contributed by atoms with Crippen molar-refractivity contribution in [3.05, 3.63) is 0 Å². The fraction of sp³-hybridized carbons (Fsp3) is 0.833. The zero-order chi connectivity index (χ0) is 13.0. The van der Waals surface area contributed by atoms with Crippen LogP contribution in [-0.4, -0.2) is 42.4 Å². The van der Waals surface area contributed by atoms with Crippen molar-refractivity contribution in [2.45, 2.75) is 44.2 Å². The molecule has 3 unspecified atom stereocenters. The summed E-state index contributed by atoms with van der Waals surface area (Å²) in [6.45, 7) is 1.26. The monoisotopic (exact) mass is 256 g/mol. The lowest BCUT2D eigenvalue weighted by molar-refractivity contribution is -0.143. The molecule has 6 nitrogen and oxygen atoms in total. The molecule has 18 heavy (non-hydrogen) atoms. The van der Waals surface area contributed by atoms with Crippen LogP contribution in [0.25, 0.3) is 0 Å². The van der Waals surface area contributed by atoms with E-state index in [-0.39, 0.29) is 24.0 Å². The third-order valence-electron chi connectivity index (χ3n) is 3.62. The van der Waals surface area contributed by atoms with Gasteiger partial charge in [0.1, 0.15) is 0 Å². The molecule has 1 aliphatic carbocycles. The predicted molar refractivity (Wildman–Crippen MR) is 64.3 cm³/mol. The fourth-order valence-corrected chi connectivity index (χ4v) is 2.61. The predicted octanol–water partition coefficient (Wildman–Crippen LogP) is 0.718. The molecule has 3 atom stereocenters. The van der Waals surface area contributed by atoms with Crippen LogP contribution in [0.5, 0.6) is 0 Å². The summed E-state index contributed by atoms with van der Waals surface area (Å²) in [4.78, 5) is 22.6. The molecule has 0 aromatic heterocycles. The number of aliphatic carboxylic acids is 1. The third-order valence-corrected chi connectivity index (χ3v) is 3.62. The smallest absolute Gasteiger partial charge is 0.315 e. The number of nitrogens with one attached hydrogen (secondary N) is 2. The first-order chi connectivity index (χ1) is 8.65. The van der Waals surface area contributed by atoms with Gasteiger partial charge in [-0.05, 0) is 25.7 Å². The van der Waals surface area contributed by atoms with Crippen molar-refractivity contribution in [2.75, 3.05) is 13.2 Å². The molecule has 2 aliphatic rings. The third kappa shape index (κ3) is 3.60. The van der Waals surface area contributed by atoms with Crippen molar-refractivity contribution in [1.29, 1.82) is 0 Å². The Kier molecular flexibility index (Phi) is 4.41. The number of amides is 2. The maximum absolute atomic E-state index is 11.7. The van der Waals surface area contributed by atoms with E-state index in [1.54, 1.807) is 0 Å². The van der Waals surface area contributed by atoms with E-state index < -0.39 is 5.97 Å². The van der Waals surface area contributed by atoms with Crippen molar-refractivity contribution in [2.24, 2.45) is 5.92 Å². The summed E-state index contributed by atoms with van der Waals surface area (Å²) in [6, 6.07) is -0.146. The Hall–Kier alpha value is -1.30. The van der Waals surface area contributed by atoms with Crippen molar-refractivity contribution in [3.8, 4) is 0 Å². The highest BCUT2D eigenvalue weighted by atomic mass is 16.5. The minimum Gasteiger partial charge on any atom is -0.481 e. The number of carbonyl (C=O) groups is 2. The van der Waals surface area contributed by atoms with Crippen molar-refractivity contribution >= 4 is 12.0 Å². The molecule has 2 amide bonds. The number of hydrogen-bond donors (Lipinski definition) is 3. The molecule has 1 aliphatic heterocycles. The molecular weight excluding hydrogens is 236 g/mol. The number of ether oxygens (including phenoxy) is 1. The highest BCUT2D eigenvalue weighted by Crippen LogP contribution is 2.24. The zero-order valence-corrected chi connectivity index (χ0v) is 10.4. The molecule has 0 bridgehead atoms. The maximum atomic E-state index is 11.7. The van der Waals surface area contributed by atoms with E-state index in [1.807, 2.05) is 0 Å². The molecule has 0 aromatic carbocycles. The molecule has 102 valence electrons. The van der Waals surface area contributed by atoms with Gasteiger partial charge < -0.3 is 20.5 Å². The van der Waals surface area contributed by atoms with E-state index in [0.717, 1.165) is 19.3 Å². The number of carbonyl (C=O) groups excluding carboxylic acids is 1. The van der Waals surface area contributed by atoms with Crippen LogP contribution in [0.15, 0.2) is 0 Å². The molecule has 0 radical (unpaired) electrons. The summed E-state index contributed by atoms with van der Waals surface area (Å²) in [5.41, 5.74) is 0. The molecule has 3 N–H and O–H groups in total. The molecule has 1 heterocycles. The molecular formula is C12H20N2O4. The van der Waals surface area contributed by atoms with Gasteiger partial charge in [0.25, 0.3) is 0 Å². The van der Waals surface area contributed by atoms with Crippen LogP contribution >= 0.6 is 0 Å². The minimum atomic E-state index is -0.758. The average Bonchev–Trinajstić information content (AvgIpc) is 2.82. The lowest BCUT2D eigenvalue weighted by Gasteiger charge is -2.27. The normalized spacial score (nSPS) is 31.9. The van der Waals surface area contributed by atoms with Gasteiger partial charge in [0.15, 0.2) is 0 Å². The van der Waals surface area contributed by atoms with E-state index in [1.165, 1.54) is 0 Å². The fourth-order valence-electron chi connectivity index (χ4n) is 2.61. The summed E-state index contributed by atoms with van der Waals surface area (Å²) >= 11 is 0. The first kappa shape index (κ1) is 13.1. The van der Waals surface area contributed by atoms with Crippen LogP contribution in [0.1, 0.15) is 32.1 Å². The number of hydrogen-bond acceptors (Lipinski definition) is 3. The summed E-state index contributed by atoms with van der Waals surface area (Å²) in [5, 5.41) is 14.7. The van der Waals surface area contributed by atoms with Gasteiger partial charge in [-0.25, -0.2) is 4.79 Å². The highest BCUT2D eigenvalue weighted by molar-refractivity contribution is 5.75.